The summed E-state index contributed by atoms with van der Waals surface area (Å²) in [7, 11) is 0. The predicted octanol–water partition coefficient (Wildman–Crippen LogP) is 2.37. The molecule has 0 rings (SSSR count). The molecule has 0 aliphatic carbocycles. The van der Waals surface area contributed by atoms with Crippen LogP contribution in [0.2, 0.25) is 0 Å². The highest BCUT2D eigenvalue weighted by molar-refractivity contribution is 5.78. The molecule has 0 amide bonds. The van der Waals surface area contributed by atoms with E-state index in [0.29, 0.717) is 18.4 Å². The van der Waals surface area contributed by atoms with Crippen LogP contribution in [-0.4, -0.2) is 23.3 Å². The molecule has 0 spiro atoms. The Morgan fingerprint density at radius 2 is 1.93 bits per heavy atom. The van der Waals surface area contributed by atoms with Crippen molar-refractivity contribution in [2.45, 2.75) is 53.1 Å². The van der Waals surface area contributed by atoms with E-state index < -0.39 is 11.6 Å². The zero-order valence-corrected chi connectivity index (χ0v) is 10.5. The van der Waals surface area contributed by atoms with Gasteiger partial charge in [-0.15, -0.1) is 0 Å². The Kier molecular flexibility index (Phi) is 5.88. The van der Waals surface area contributed by atoms with Gasteiger partial charge in [-0.25, -0.2) is 4.79 Å². The molecule has 0 bridgehead atoms. The van der Waals surface area contributed by atoms with Crippen molar-refractivity contribution in [2.75, 3.05) is 6.61 Å². The van der Waals surface area contributed by atoms with Crippen LogP contribution < -0.4 is 0 Å². The Labute approximate surface area is 92.8 Å². The number of carbonyl (C=O) groups excluding carboxylic acids is 1. The Morgan fingerprint density at radius 1 is 1.40 bits per heavy atom. The van der Waals surface area contributed by atoms with Gasteiger partial charge in [0.2, 0.25) is 0 Å². The van der Waals surface area contributed by atoms with Gasteiger partial charge in [-0.2, -0.15) is 0 Å². The van der Waals surface area contributed by atoms with E-state index in [9.17, 15) is 9.90 Å². The standard InChI is InChI=1S/C12H24O3/c1-6-10(7-9(2)3)8-15-11(13)12(4,5)14/h9-10,14H,6-8H2,1-5H3. The van der Waals surface area contributed by atoms with Crippen LogP contribution in [-0.2, 0) is 9.53 Å². The highest BCUT2D eigenvalue weighted by Gasteiger charge is 2.26. The van der Waals surface area contributed by atoms with Crippen LogP contribution in [0.5, 0.6) is 0 Å². The molecule has 1 atom stereocenters. The van der Waals surface area contributed by atoms with E-state index in [1.807, 2.05) is 0 Å². The minimum absolute atomic E-state index is 0.399. The summed E-state index contributed by atoms with van der Waals surface area (Å²) in [4.78, 5) is 11.3. The van der Waals surface area contributed by atoms with E-state index in [-0.39, 0.29) is 0 Å². The average molecular weight is 216 g/mol. The molecule has 0 heterocycles. The van der Waals surface area contributed by atoms with Crippen LogP contribution in [0.15, 0.2) is 0 Å². The van der Waals surface area contributed by atoms with E-state index in [0.717, 1.165) is 12.8 Å². The van der Waals surface area contributed by atoms with Crippen molar-refractivity contribution in [2.24, 2.45) is 11.8 Å². The second-order valence-corrected chi connectivity index (χ2v) is 5.06. The Hall–Kier alpha value is -0.570. The van der Waals surface area contributed by atoms with E-state index in [1.54, 1.807) is 0 Å². The van der Waals surface area contributed by atoms with Crippen LogP contribution in [0.1, 0.15) is 47.5 Å². The first-order valence-electron chi connectivity index (χ1n) is 5.67. The molecule has 1 unspecified atom stereocenters. The van der Waals surface area contributed by atoms with Gasteiger partial charge in [-0.1, -0.05) is 27.2 Å². The summed E-state index contributed by atoms with van der Waals surface area (Å²) in [5.74, 6) is 0.469. The normalized spacial score (nSPS) is 14.1. The van der Waals surface area contributed by atoms with Gasteiger partial charge in [-0.05, 0) is 32.1 Å². The molecule has 90 valence electrons. The van der Waals surface area contributed by atoms with Gasteiger partial charge >= 0.3 is 5.97 Å². The summed E-state index contributed by atoms with van der Waals surface area (Å²) in [6.45, 7) is 9.70. The van der Waals surface area contributed by atoms with Gasteiger partial charge in [0.25, 0.3) is 0 Å². The first kappa shape index (κ1) is 14.4. The lowest BCUT2D eigenvalue weighted by Gasteiger charge is -2.20. The van der Waals surface area contributed by atoms with Crippen LogP contribution >= 0.6 is 0 Å². The molecule has 0 aliphatic heterocycles. The molecule has 0 radical (unpaired) electrons. The predicted molar refractivity (Wildman–Crippen MR) is 60.5 cm³/mol. The number of hydrogen-bond acceptors (Lipinski definition) is 3. The third-order valence-corrected chi connectivity index (χ3v) is 2.33. The number of carbonyl (C=O) groups is 1. The van der Waals surface area contributed by atoms with Crippen LogP contribution in [0.3, 0.4) is 0 Å². The Balaban J connectivity index is 3.96. The van der Waals surface area contributed by atoms with E-state index >= 15 is 0 Å². The molecule has 1 N–H and O–H groups in total. The molecule has 15 heavy (non-hydrogen) atoms. The van der Waals surface area contributed by atoms with Crippen LogP contribution in [0.25, 0.3) is 0 Å². The fourth-order valence-electron chi connectivity index (χ4n) is 1.39. The summed E-state index contributed by atoms with van der Waals surface area (Å²) in [6, 6.07) is 0. The number of rotatable bonds is 6. The topological polar surface area (TPSA) is 46.5 Å². The van der Waals surface area contributed by atoms with Crippen molar-refractivity contribution < 1.29 is 14.6 Å². The van der Waals surface area contributed by atoms with Crippen molar-refractivity contribution in [1.82, 2.24) is 0 Å². The fourth-order valence-corrected chi connectivity index (χ4v) is 1.39. The van der Waals surface area contributed by atoms with Crippen molar-refractivity contribution in [3.05, 3.63) is 0 Å². The average Bonchev–Trinajstić information content (AvgIpc) is 2.09. The van der Waals surface area contributed by atoms with Gasteiger partial charge in [0.05, 0.1) is 6.61 Å². The maximum atomic E-state index is 11.3. The quantitative estimate of drug-likeness (QED) is 0.693. The fraction of sp³-hybridized carbons (Fsp3) is 0.917. The van der Waals surface area contributed by atoms with E-state index in [4.69, 9.17) is 4.74 Å². The highest BCUT2D eigenvalue weighted by Crippen LogP contribution is 2.16. The lowest BCUT2D eigenvalue weighted by molar-refractivity contribution is -0.163. The third kappa shape index (κ3) is 6.50. The Morgan fingerprint density at radius 3 is 2.27 bits per heavy atom. The van der Waals surface area contributed by atoms with Crippen LogP contribution in [0, 0.1) is 11.8 Å². The van der Waals surface area contributed by atoms with Gasteiger partial charge in [0, 0.05) is 0 Å². The van der Waals surface area contributed by atoms with Crippen molar-refractivity contribution in [1.29, 1.82) is 0 Å². The summed E-state index contributed by atoms with van der Waals surface area (Å²) in [5, 5.41) is 9.38. The van der Waals surface area contributed by atoms with Gasteiger partial charge in [0.15, 0.2) is 5.60 Å². The summed E-state index contributed by atoms with van der Waals surface area (Å²) >= 11 is 0. The maximum absolute atomic E-state index is 11.3. The second kappa shape index (κ2) is 6.11. The summed E-state index contributed by atoms with van der Waals surface area (Å²) in [5.41, 5.74) is -1.38. The molecule has 3 heteroatoms. The zero-order chi connectivity index (χ0) is 12.1. The highest BCUT2D eigenvalue weighted by atomic mass is 16.5. The summed E-state index contributed by atoms with van der Waals surface area (Å²) < 4.78 is 5.07. The molecule has 0 saturated heterocycles. The molecular formula is C12H24O3. The maximum Gasteiger partial charge on any atom is 0.337 e. The van der Waals surface area contributed by atoms with Crippen molar-refractivity contribution >= 4 is 5.97 Å². The lowest BCUT2D eigenvalue weighted by Crippen LogP contribution is -2.34. The molecule has 3 nitrogen and oxygen atoms in total. The van der Waals surface area contributed by atoms with E-state index in [2.05, 4.69) is 20.8 Å². The molecule has 0 saturated carbocycles. The molecule has 0 aromatic rings. The van der Waals surface area contributed by atoms with Gasteiger partial charge in [0.1, 0.15) is 0 Å². The van der Waals surface area contributed by atoms with E-state index in [1.165, 1.54) is 13.8 Å². The zero-order valence-electron chi connectivity index (χ0n) is 10.5. The third-order valence-electron chi connectivity index (χ3n) is 2.33. The molecule has 0 aromatic heterocycles. The SMILES string of the molecule is CCC(COC(=O)C(C)(C)O)CC(C)C. The molecule has 0 aliphatic rings. The van der Waals surface area contributed by atoms with Crippen molar-refractivity contribution in [3.8, 4) is 0 Å². The van der Waals surface area contributed by atoms with Gasteiger partial charge in [-0.3, -0.25) is 0 Å². The first-order chi connectivity index (χ1) is 6.77. The smallest absolute Gasteiger partial charge is 0.337 e. The number of aliphatic hydroxyl groups is 1. The second-order valence-electron chi connectivity index (χ2n) is 5.06. The Bertz CT molecular complexity index is 192. The van der Waals surface area contributed by atoms with Gasteiger partial charge < -0.3 is 9.84 Å². The largest absolute Gasteiger partial charge is 0.463 e. The van der Waals surface area contributed by atoms with Crippen LogP contribution in [0.4, 0.5) is 0 Å². The lowest BCUT2D eigenvalue weighted by atomic mass is 9.96. The molecule has 0 aromatic carbocycles. The monoisotopic (exact) mass is 216 g/mol. The number of ether oxygens (including phenoxy) is 1. The minimum Gasteiger partial charge on any atom is -0.463 e. The van der Waals surface area contributed by atoms with Crippen molar-refractivity contribution in [3.63, 3.8) is 0 Å². The summed E-state index contributed by atoms with van der Waals surface area (Å²) in [6.07, 6.45) is 2.05. The number of hydrogen-bond donors (Lipinski definition) is 1. The molecule has 0 fully saturated rings. The molecular weight excluding hydrogens is 192 g/mol. The number of esters is 1. The first-order valence-corrected chi connectivity index (χ1v) is 5.67. The minimum atomic E-state index is -1.38.